The van der Waals surface area contributed by atoms with Crippen molar-refractivity contribution in [1.82, 2.24) is 4.90 Å². The molecule has 0 saturated carbocycles. The number of Topliss-reactive ketones (excluding diaryl/α,β-unsaturated/α-hetero) is 1. The predicted molar refractivity (Wildman–Crippen MR) is 110 cm³/mol. The number of rotatable bonds is 5. The maximum absolute atomic E-state index is 13.0. The van der Waals surface area contributed by atoms with Gasteiger partial charge in [0.05, 0.1) is 22.6 Å². The maximum atomic E-state index is 13.0. The molecule has 1 aromatic carbocycles. The molecule has 1 aromatic heterocycles. The number of benzene rings is 1. The van der Waals surface area contributed by atoms with E-state index in [2.05, 4.69) is 0 Å². The third-order valence-electron chi connectivity index (χ3n) is 5.44. The summed E-state index contributed by atoms with van der Waals surface area (Å²) in [5.74, 6) is -1.91. The molecule has 8 nitrogen and oxygen atoms in total. The number of ketones is 1. The zero-order valence-electron chi connectivity index (χ0n) is 16.2. The van der Waals surface area contributed by atoms with Gasteiger partial charge < -0.3 is 14.7 Å². The molecule has 2 saturated heterocycles. The van der Waals surface area contributed by atoms with Gasteiger partial charge in [-0.3, -0.25) is 19.7 Å². The van der Waals surface area contributed by atoms with Gasteiger partial charge in [-0.15, -0.1) is 11.3 Å². The summed E-state index contributed by atoms with van der Waals surface area (Å²) in [5, 5.41) is 24.0. The van der Waals surface area contributed by atoms with Gasteiger partial charge in [0, 0.05) is 35.7 Å². The normalized spacial score (nSPS) is 23.3. The third-order valence-corrected chi connectivity index (χ3v) is 6.52. The molecule has 0 bridgehead atoms. The average Bonchev–Trinajstić information content (AvgIpc) is 3.45. The molecule has 2 fully saturated rings. The van der Waals surface area contributed by atoms with Crippen LogP contribution in [0.4, 0.5) is 5.69 Å². The van der Waals surface area contributed by atoms with E-state index in [1.165, 1.54) is 40.5 Å². The molecule has 2 aliphatic heterocycles. The number of likely N-dealkylation sites (tertiary alicyclic amines) is 1. The van der Waals surface area contributed by atoms with Gasteiger partial charge in [-0.05, 0) is 36.8 Å². The number of nitro benzene ring substituents is 1. The molecule has 9 heteroatoms. The van der Waals surface area contributed by atoms with Crippen LogP contribution in [0, 0.1) is 17.0 Å². The van der Waals surface area contributed by atoms with Gasteiger partial charge in [-0.25, -0.2) is 0 Å². The highest BCUT2D eigenvalue weighted by molar-refractivity contribution is 7.10. The number of carbonyl (C=O) groups excluding carboxylic acids is 2. The van der Waals surface area contributed by atoms with Gasteiger partial charge in [0.15, 0.2) is 0 Å². The van der Waals surface area contributed by atoms with Crippen molar-refractivity contribution in [3.8, 4) is 0 Å². The van der Waals surface area contributed by atoms with Crippen molar-refractivity contribution in [2.24, 2.45) is 0 Å². The minimum atomic E-state index is -0.796. The van der Waals surface area contributed by atoms with E-state index in [4.69, 9.17) is 4.74 Å². The van der Waals surface area contributed by atoms with Crippen LogP contribution in [0.1, 0.15) is 34.9 Å². The van der Waals surface area contributed by atoms with Crippen LogP contribution in [-0.2, 0) is 14.3 Å². The molecule has 30 heavy (non-hydrogen) atoms. The van der Waals surface area contributed by atoms with Gasteiger partial charge in [0.25, 0.3) is 17.4 Å². The lowest BCUT2D eigenvalue weighted by Gasteiger charge is -2.27. The molecule has 2 atom stereocenters. The minimum absolute atomic E-state index is 0.0518. The average molecular weight is 428 g/mol. The summed E-state index contributed by atoms with van der Waals surface area (Å²) in [4.78, 5) is 38.6. The first-order valence-electron chi connectivity index (χ1n) is 9.57. The zero-order chi connectivity index (χ0) is 21.4. The lowest BCUT2D eigenvalue weighted by atomic mass is 9.98. The number of hydrogen-bond donors (Lipinski definition) is 1. The van der Waals surface area contributed by atoms with E-state index >= 15 is 0 Å². The van der Waals surface area contributed by atoms with Crippen molar-refractivity contribution in [3.63, 3.8) is 0 Å². The standard InChI is InChI=1S/C21H20N2O6S/c1-12-7-9-30-20(12)17-16(18(24)13-4-2-5-14(10-13)23(27)28)19(25)21(26)22(17)11-15-6-3-8-29-15/h2,4-5,7,9-10,15,17,24H,3,6,8,11H2,1H3/b18-16-. The Morgan fingerprint density at radius 3 is 2.80 bits per heavy atom. The molecule has 0 spiro atoms. The van der Waals surface area contributed by atoms with Crippen molar-refractivity contribution in [2.45, 2.75) is 31.9 Å². The lowest BCUT2D eigenvalue weighted by molar-refractivity contribution is -0.384. The second-order valence-electron chi connectivity index (χ2n) is 7.36. The monoisotopic (exact) mass is 428 g/mol. The highest BCUT2D eigenvalue weighted by Crippen LogP contribution is 2.43. The zero-order valence-corrected chi connectivity index (χ0v) is 17.1. The number of carbonyl (C=O) groups is 2. The summed E-state index contributed by atoms with van der Waals surface area (Å²) in [6.07, 6.45) is 1.53. The van der Waals surface area contributed by atoms with Gasteiger partial charge >= 0.3 is 0 Å². The largest absolute Gasteiger partial charge is 0.507 e. The summed E-state index contributed by atoms with van der Waals surface area (Å²) >= 11 is 1.40. The Bertz CT molecular complexity index is 1050. The van der Waals surface area contributed by atoms with E-state index in [0.717, 1.165) is 23.3 Å². The van der Waals surface area contributed by atoms with Crippen LogP contribution in [0.5, 0.6) is 0 Å². The predicted octanol–water partition coefficient (Wildman–Crippen LogP) is 3.57. The van der Waals surface area contributed by atoms with Gasteiger partial charge in [0.2, 0.25) is 0 Å². The van der Waals surface area contributed by atoms with Crippen LogP contribution in [0.3, 0.4) is 0 Å². The summed E-state index contributed by atoms with van der Waals surface area (Å²) in [6.45, 7) is 2.74. The first-order valence-corrected chi connectivity index (χ1v) is 10.4. The van der Waals surface area contributed by atoms with Crippen LogP contribution < -0.4 is 0 Å². The molecule has 1 amide bonds. The van der Waals surface area contributed by atoms with E-state index in [0.29, 0.717) is 6.61 Å². The number of hydrogen-bond acceptors (Lipinski definition) is 7. The smallest absolute Gasteiger partial charge is 0.295 e. The Kier molecular flexibility index (Phi) is 5.40. The highest BCUT2D eigenvalue weighted by atomic mass is 32.1. The minimum Gasteiger partial charge on any atom is -0.507 e. The maximum Gasteiger partial charge on any atom is 0.295 e. The fourth-order valence-electron chi connectivity index (χ4n) is 3.94. The van der Waals surface area contributed by atoms with Crippen LogP contribution in [0.25, 0.3) is 5.76 Å². The van der Waals surface area contributed by atoms with E-state index in [1.54, 1.807) is 0 Å². The first-order chi connectivity index (χ1) is 14.4. The Hall–Kier alpha value is -3.04. The van der Waals surface area contributed by atoms with E-state index < -0.39 is 28.4 Å². The van der Waals surface area contributed by atoms with Gasteiger partial charge in [0.1, 0.15) is 5.76 Å². The number of aliphatic hydroxyl groups excluding tert-OH is 1. The molecule has 4 rings (SSSR count). The lowest BCUT2D eigenvalue weighted by Crippen LogP contribution is -2.36. The van der Waals surface area contributed by atoms with Crippen molar-refractivity contribution < 1.29 is 24.4 Å². The summed E-state index contributed by atoms with van der Waals surface area (Å²) in [6, 6.07) is 6.54. The van der Waals surface area contributed by atoms with E-state index in [1.807, 2.05) is 18.4 Å². The summed E-state index contributed by atoms with van der Waals surface area (Å²) < 4.78 is 5.66. The molecule has 1 N–H and O–H groups in total. The Morgan fingerprint density at radius 1 is 1.37 bits per heavy atom. The number of aliphatic hydroxyl groups is 1. The Labute approximate surface area is 176 Å². The second-order valence-corrected chi connectivity index (χ2v) is 8.31. The summed E-state index contributed by atoms with van der Waals surface area (Å²) in [7, 11) is 0. The molecular formula is C21H20N2O6S. The SMILES string of the molecule is Cc1ccsc1C1/C(=C(/O)c2cccc([N+](=O)[O-])c2)C(=O)C(=O)N1CC1CCCO1. The quantitative estimate of drug-likeness (QED) is 0.256. The van der Waals surface area contributed by atoms with E-state index in [9.17, 15) is 24.8 Å². The number of amides is 1. The Balaban J connectivity index is 1.83. The van der Waals surface area contributed by atoms with Crippen LogP contribution in [-0.4, -0.2) is 45.9 Å². The number of nitro groups is 1. The van der Waals surface area contributed by atoms with Crippen molar-refractivity contribution in [2.75, 3.05) is 13.2 Å². The van der Waals surface area contributed by atoms with Crippen LogP contribution >= 0.6 is 11.3 Å². The first kappa shape index (κ1) is 20.2. The fourth-order valence-corrected chi connectivity index (χ4v) is 4.98. The molecule has 156 valence electrons. The molecule has 2 aliphatic rings. The van der Waals surface area contributed by atoms with E-state index in [-0.39, 0.29) is 29.5 Å². The number of non-ortho nitro benzene ring substituents is 1. The van der Waals surface area contributed by atoms with Crippen LogP contribution in [0.15, 0.2) is 41.3 Å². The second kappa shape index (κ2) is 8.00. The molecule has 2 aromatic rings. The van der Waals surface area contributed by atoms with Crippen molar-refractivity contribution >= 4 is 34.5 Å². The molecule has 0 aliphatic carbocycles. The van der Waals surface area contributed by atoms with Crippen molar-refractivity contribution in [3.05, 3.63) is 67.4 Å². The molecule has 3 heterocycles. The molecular weight excluding hydrogens is 408 g/mol. The fraction of sp³-hybridized carbons (Fsp3) is 0.333. The van der Waals surface area contributed by atoms with Gasteiger partial charge in [-0.1, -0.05) is 12.1 Å². The number of nitrogens with zero attached hydrogens (tertiary/aromatic N) is 2. The molecule has 0 radical (unpaired) electrons. The number of ether oxygens (including phenoxy) is 1. The molecule has 2 unspecified atom stereocenters. The topological polar surface area (TPSA) is 110 Å². The Morgan fingerprint density at radius 2 is 2.17 bits per heavy atom. The summed E-state index contributed by atoms with van der Waals surface area (Å²) in [5.41, 5.74) is 0.758. The third kappa shape index (κ3) is 3.50. The number of thiophene rings is 1. The van der Waals surface area contributed by atoms with Crippen LogP contribution in [0.2, 0.25) is 0 Å². The van der Waals surface area contributed by atoms with Gasteiger partial charge in [-0.2, -0.15) is 0 Å². The van der Waals surface area contributed by atoms with Crippen molar-refractivity contribution in [1.29, 1.82) is 0 Å². The highest BCUT2D eigenvalue weighted by Gasteiger charge is 2.48. The number of aryl methyl sites for hydroxylation is 1.